The molecule has 0 fully saturated rings. The Labute approximate surface area is 181 Å². The smallest absolute Gasteiger partial charge is 0.340 e. The van der Waals surface area contributed by atoms with E-state index in [0.29, 0.717) is 11.3 Å². The molecule has 1 aromatic heterocycles. The summed E-state index contributed by atoms with van der Waals surface area (Å²) in [7, 11) is -0.969. The van der Waals surface area contributed by atoms with E-state index < -0.39 is 33.8 Å². The van der Waals surface area contributed by atoms with Crippen molar-refractivity contribution in [3.05, 3.63) is 52.3 Å². The minimum atomic E-state index is -3.73. The lowest BCUT2D eigenvalue weighted by molar-refractivity contribution is 0.0316. The maximum absolute atomic E-state index is 12.8. The largest absolute Gasteiger partial charge is 0.462 e. The van der Waals surface area contributed by atoms with Crippen molar-refractivity contribution >= 4 is 27.7 Å². The van der Waals surface area contributed by atoms with Gasteiger partial charge in [-0.3, -0.25) is 4.79 Å². The van der Waals surface area contributed by atoms with Crippen molar-refractivity contribution in [3.63, 3.8) is 0 Å². The van der Waals surface area contributed by atoms with E-state index in [4.69, 9.17) is 9.47 Å². The lowest BCUT2D eigenvalue weighted by Gasteiger charge is -2.14. The third kappa shape index (κ3) is 5.02. The second-order valence-corrected chi connectivity index (χ2v) is 9.22. The number of benzene rings is 1. The van der Waals surface area contributed by atoms with E-state index in [-0.39, 0.29) is 28.3 Å². The number of nitrogens with zero attached hydrogens (tertiary/aromatic N) is 1. The fourth-order valence-electron chi connectivity index (χ4n) is 2.99. The Morgan fingerprint density at radius 3 is 2.35 bits per heavy atom. The lowest BCUT2D eigenvalue weighted by Crippen LogP contribution is -2.26. The average molecular weight is 451 g/mol. The number of esters is 2. The van der Waals surface area contributed by atoms with Gasteiger partial charge in [0.2, 0.25) is 15.8 Å². The van der Waals surface area contributed by atoms with Crippen LogP contribution >= 0.6 is 0 Å². The summed E-state index contributed by atoms with van der Waals surface area (Å²) in [6.07, 6.45) is -1.17. The quantitative estimate of drug-likeness (QED) is 0.484. The van der Waals surface area contributed by atoms with Crippen LogP contribution in [0.1, 0.15) is 56.3 Å². The number of ketones is 1. The number of carbonyl (C=O) groups excluding carboxylic acids is 3. The SMILES string of the molecule is CCOC(=O)c1c(C)[nH]c(C(=O)C(C)OC(=O)c2cccc(S(=O)(=O)N(C)C)c2)c1C. The molecule has 2 rings (SSSR count). The van der Waals surface area contributed by atoms with E-state index in [0.717, 1.165) is 4.31 Å². The number of H-pyrrole nitrogens is 1. The molecule has 0 saturated carbocycles. The monoisotopic (exact) mass is 450 g/mol. The van der Waals surface area contributed by atoms with E-state index in [1.165, 1.54) is 45.3 Å². The zero-order valence-electron chi connectivity index (χ0n) is 18.3. The molecule has 9 nitrogen and oxygen atoms in total. The van der Waals surface area contributed by atoms with Gasteiger partial charge in [0.25, 0.3) is 0 Å². The minimum absolute atomic E-state index is 0.00539. The van der Waals surface area contributed by atoms with Crippen molar-refractivity contribution in [1.29, 1.82) is 0 Å². The van der Waals surface area contributed by atoms with E-state index in [2.05, 4.69) is 4.98 Å². The molecule has 1 atom stereocenters. The molecular weight excluding hydrogens is 424 g/mol. The number of aromatic amines is 1. The number of Topliss-reactive ketones (excluding diaryl/α,β-unsaturated/α-hetero) is 1. The van der Waals surface area contributed by atoms with Crippen LogP contribution in [0, 0.1) is 13.8 Å². The van der Waals surface area contributed by atoms with Gasteiger partial charge in [-0.2, -0.15) is 0 Å². The van der Waals surface area contributed by atoms with E-state index in [1.807, 2.05) is 0 Å². The highest BCUT2D eigenvalue weighted by atomic mass is 32.2. The molecule has 0 aliphatic heterocycles. The molecule has 0 spiro atoms. The van der Waals surface area contributed by atoms with Crippen LogP contribution in [0.5, 0.6) is 0 Å². The van der Waals surface area contributed by atoms with Crippen LogP contribution in [0.4, 0.5) is 0 Å². The van der Waals surface area contributed by atoms with Crippen molar-refractivity contribution in [2.75, 3.05) is 20.7 Å². The van der Waals surface area contributed by atoms with Crippen molar-refractivity contribution in [3.8, 4) is 0 Å². The second-order valence-electron chi connectivity index (χ2n) is 7.07. The maximum Gasteiger partial charge on any atom is 0.340 e. The Morgan fingerprint density at radius 1 is 1.13 bits per heavy atom. The molecule has 168 valence electrons. The molecule has 0 bridgehead atoms. The number of nitrogens with one attached hydrogen (secondary N) is 1. The van der Waals surface area contributed by atoms with Crippen LogP contribution < -0.4 is 0 Å². The first-order chi connectivity index (χ1) is 14.4. The number of aryl methyl sites for hydroxylation is 1. The normalized spacial score (nSPS) is 12.5. The predicted molar refractivity (Wildman–Crippen MR) is 113 cm³/mol. The van der Waals surface area contributed by atoms with Crippen LogP contribution in [0.25, 0.3) is 0 Å². The average Bonchev–Trinajstić information content (AvgIpc) is 3.01. The summed E-state index contributed by atoms with van der Waals surface area (Å²) < 4.78 is 35.8. The number of carbonyl (C=O) groups is 3. The maximum atomic E-state index is 12.8. The summed E-state index contributed by atoms with van der Waals surface area (Å²) in [6.45, 7) is 6.53. The second kappa shape index (κ2) is 9.44. The number of rotatable bonds is 8. The molecule has 1 heterocycles. The molecule has 0 aliphatic rings. The number of ether oxygens (including phenoxy) is 2. The van der Waals surface area contributed by atoms with E-state index in [1.54, 1.807) is 20.8 Å². The molecule has 1 unspecified atom stereocenters. The highest BCUT2D eigenvalue weighted by Crippen LogP contribution is 2.22. The minimum Gasteiger partial charge on any atom is -0.462 e. The topological polar surface area (TPSA) is 123 Å². The first-order valence-electron chi connectivity index (χ1n) is 9.55. The Kier molecular flexibility index (Phi) is 7.40. The van der Waals surface area contributed by atoms with Gasteiger partial charge in [-0.25, -0.2) is 22.3 Å². The third-order valence-electron chi connectivity index (χ3n) is 4.66. The number of hydrogen-bond acceptors (Lipinski definition) is 7. The molecule has 31 heavy (non-hydrogen) atoms. The summed E-state index contributed by atoms with van der Waals surface area (Å²) in [4.78, 5) is 40.3. The Hall–Kier alpha value is -2.98. The van der Waals surface area contributed by atoms with Crippen molar-refractivity contribution in [1.82, 2.24) is 9.29 Å². The van der Waals surface area contributed by atoms with Crippen LogP contribution in [-0.2, 0) is 19.5 Å². The molecule has 0 aliphatic carbocycles. The highest BCUT2D eigenvalue weighted by molar-refractivity contribution is 7.89. The molecule has 0 radical (unpaired) electrons. The highest BCUT2D eigenvalue weighted by Gasteiger charge is 2.28. The predicted octanol–water partition coefficient (Wildman–Crippen LogP) is 2.49. The van der Waals surface area contributed by atoms with Gasteiger partial charge in [0.15, 0.2) is 6.10 Å². The van der Waals surface area contributed by atoms with Crippen LogP contribution in [-0.4, -0.2) is 62.2 Å². The van der Waals surface area contributed by atoms with Gasteiger partial charge in [-0.1, -0.05) is 6.07 Å². The number of hydrogen-bond donors (Lipinski definition) is 1. The summed E-state index contributed by atoms with van der Waals surface area (Å²) in [6, 6.07) is 5.38. The first kappa shape index (κ1) is 24.3. The zero-order valence-corrected chi connectivity index (χ0v) is 19.1. The van der Waals surface area contributed by atoms with Gasteiger partial charge in [-0.05, 0) is 51.5 Å². The van der Waals surface area contributed by atoms with Crippen molar-refractivity contribution < 1.29 is 32.3 Å². The van der Waals surface area contributed by atoms with Crippen LogP contribution in [0.2, 0.25) is 0 Å². The Bertz CT molecular complexity index is 1120. The van der Waals surface area contributed by atoms with E-state index in [9.17, 15) is 22.8 Å². The van der Waals surface area contributed by atoms with Gasteiger partial charge in [-0.15, -0.1) is 0 Å². The molecule has 1 N–H and O–H groups in total. The molecule has 1 aromatic carbocycles. The Morgan fingerprint density at radius 2 is 1.77 bits per heavy atom. The van der Waals surface area contributed by atoms with Gasteiger partial charge < -0.3 is 14.5 Å². The van der Waals surface area contributed by atoms with E-state index >= 15 is 0 Å². The first-order valence-corrected chi connectivity index (χ1v) is 11.0. The van der Waals surface area contributed by atoms with Gasteiger partial charge >= 0.3 is 11.9 Å². The fraction of sp³-hybridized carbons (Fsp3) is 0.381. The number of aromatic nitrogens is 1. The van der Waals surface area contributed by atoms with Gasteiger partial charge in [0, 0.05) is 19.8 Å². The summed E-state index contributed by atoms with van der Waals surface area (Å²) in [5.41, 5.74) is 1.28. The Balaban J connectivity index is 2.24. The fourth-order valence-corrected chi connectivity index (χ4v) is 3.93. The molecule has 0 amide bonds. The third-order valence-corrected chi connectivity index (χ3v) is 6.48. The summed E-state index contributed by atoms with van der Waals surface area (Å²) >= 11 is 0. The van der Waals surface area contributed by atoms with Crippen molar-refractivity contribution in [2.45, 2.75) is 38.7 Å². The summed E-state index contributed by atoms with van der Waals surface area (Å²) in [5.74, 6) is -1.92. The molecule has 10 heteroatoms. The summed E-state index contributed by atoms with van der Waals surface area (Å²) in [5, 5.41) is 0. The van der Waals surface area contributed by atoms with Crippen LogP contribution in [0.15, 0.2) is 29.2 Å². The zero-order chi connectivity index (χ0) is 23.5. The van der Waals surface area contributed by atoms with Crippen LogP contribution in [0.3, 0.4) is 0 Å². The molecule has 0 saturated heterocycles. The lowest BCUT2D eigenvalue weighted by atomic mass is 10.1. The standard InChI is InChI=1S/C21H26N2O7S/c1-7-29-21(26)17-12(2)18(22-13(17)3)19(24)14(4)30-20(25)15-9-8-10-16(11-15)31(27,28)23(5)6/h8-11,14,22H,7H2,1-6H3. The van der Waals surface area contributed by atoms with Gasteiger partial charge in [0.1, 0.15) is 0 Å². The van der Waals surface area contributed by atoms with Gasteiger partial charge in [0.05, 0.1) is 28.3 Å². The molecular formula is C21H26N2O7S. The number of sulfonamides is 1. The van der Waals surface area contributed by atoms with Crippen molar-refractivity contribution in [2.24, 2.45) is 0 Å². The molecule has 2 aromatic rings.